The van der Waals surface area contributed by atoms with E-state index in [1.54, 1.807) is 42.3 Å². The summed E-state index contributed by atoms with van der Waals surface area (Å²) >= 11 is 12.6. The lowest BCUT2D eigenvalue weighted by Gasteiger charge is -2.37. The van der Waals surface area contributed by atoms with Crippen LogP contribution in [0.1, 0.15) is 17.3 Å². The van der Waals surface area contributed by atoms with Crippen molar-refractivity contribution in [3.63, 3.8) is 0 Å². The van der Waals surface area contributed by atoms with Gasteiger partial charge in [-0.05, 0) is 42.0 Å². The fourth-order valence-corrected chi connectivity index (χ4v) is 4.34. The molecule has 0 saturated heterocycles. The molecule has 0 fully saturated rings. The number of para-hydroxylation sites is 1. The van der Waals surface area contributed by atoms with Gasteiger partial charge in [-0.3, -0.25) is 0 Å². The van der Waals surface area contributed by atoms with Crippen LogP contribution in [-0.4, -0.2) is 36.3 Å². The van der Waals surface area contributed by atoms with Gasteiger partial charge in [0.1, 0.15) is 6.04 Å². The number of carbonyl (C=O) groups excluding carboxylic acids is 1. The molecule has 8 heteroatoms. The number of hydrogen-bond acceptors (Lipinski definition) is 3. The van der Waals surface area contributed by atoms with Gasteiger partial charge in [0.25, 0.3) is 0 Å². The van der Waals surface area contributed by atoms with Gasteiger partial charge in [-0.15, -0.1) is 0 Å². The number of urea groups is 1. The molecule has 1 atom stereocenters. The van der Waals surface area contributed by atoms with Crippen LogP contribution in [0, 0.1) is 0 Å². The first-order chi connectivity index (χ1) is 14.5. The standard InChI is InChI=1S/C22H21Cl2N3O3/c1-29-19-7-3-5-17(21(19)30-2)25-22(28)27-12-11-26-10-4-6-18(26)20(27)15-9-8-14(23)13-16(15)24/h3-10,13,20H,11-12H2,1-2H3,(H,25,28). The molecule has 6 nitrogen and oxygen atoms in total. The third-order valence-corrected chi connectivity index (χ3v) is 5.76. The minimum Gasteiger partial charge on any atom is -0.493 e. The fourth-order valence-electron chi connectivity index (χ4n) is 3.83. The van der Waals surface area contributed by atoms with E-state index in [1.165, 1.54) is 7.11 Å². The average molecular weight is 446 g/mol. The summed E-state index contributed by atoms with van der Waals surface area (Å²) in [7, 11) is 3.10. The first kappa shape index (κ1) is 20.4. The minimum atomic E-state index is -0.352. The smallest absolute Gasteiger partial charge is 0.322 e. The second kappa shape index (κ2) is 8.50. The zero-order valence-corrected chi connectivity index (χ0v) is 18.1. The highest BCUT2D eigenvalue weighted by molar-refractivity contribution is 6.35. The van der Waals surface area contributed by atoms with Crippen LogP contribution in [0.5, 0.6) is 11.5 Å². The molecule has 2 aromatic carbocycles. The Morgan fingerprint density at radius 1 is 1.07 bits per heavy atom. The molecule has 1 aliphatic rings. The van der Waals surface area contributed by atoms with E-state index in [9.17, 15) is 4.79 Å². The van der Waals surface area contributed by atoms with Crippen LogP contribution in [0.2, 0.25) is 10.0 Å². The van der Waals surface area contributed by atoms with E-state index in [0.29, 0.717) is 40.3 Å². The quantitative estimate of drug-likeness (QED) is 0.580. The van der Waals surface area contributed by atoms with Crippen molar-refractivity contribution in [3.05, 3.63) is 76.0 Å². The van der Waals surface area contributed by atoms with E-state index in [2.05, 4.69) is 9.88 Å². The van der Waals surface area contributed by atoms with Gasteiger partial charge in [-0.25, -0.2) is 4.79 Å². The predicted octanol–water partition coefficient (Wildman–Crippen LogP) is 5.45. The molecule has 1 N–H and O–H groups in total. The van der Waals surface area contributed by atoms with Crippen molar-refractivity contribution in [2.24, 2.45) is 0 Å². The number of rotatable bonds is 4. The van der Waals surface area contributed by atoms with Crippen LogP contribution in [-0.2, 0) is 6.54 Å². The largest absolute Gasteiger partial charge is 0.493 e. The second-order valence-electron chi connectivity index (χ2n) is 6.86. The third-order valence-electron chi connectivity index (χ3n) is 5.20. The van der Waals surface area contributed by atoms with Crippen LogP contribution in [0.15, 0.2) is 54.7 Å². The molecule has 1 unspecified atom stereocenters. The molecule has 0 bridgehead atoms. The van der Waals surface area contributed by atoms with E-state index < -0.39 is 0 Å². The molecule has 2 heterocycles. The summed E-state index contributed by atoms with van der Waals surface area (Å²) in [6.45, 7) is 1.20. The van der Waals surface area contributed by atoms with Gasteiger partial charge in [0.05, 0.1) is 19.9 Å². The van der Waals surface area contributed by atoms with Crippen LogP contribution in [0.25, 0.3) is 0 Å². The number of nitrogens with zero attached hydrogens (tertiary/aromatic N) is 2. The summed E-state index contributed by atoms with van der Waals surface area (Å²) in [6, 6.07) is 14.1. The van der Waals surface area contributed by atoms with Crippen molar-refractivity contribution in [3.8, 4) is 11.5 Å². The van der Waals surface area contributed by atoms with Crippen molar-refractivity contribution >= 4 is 34.9 Å². The van der Waals surface area contributed by atoms with Crippen molar-refractivity contribution in [2.45, 2.75) is 12.6 Å². The number of benzene rings is 2. The van der Waals surface area contributed by atoms with Crippen LogP contribution < -0.4 is 14.8 Å². The molecule has 1 aliphatic heterocycles. The molecule has 1 aromatic heterocycles. The maximum atomic E-state index is 13.4. The molecule has 3 aromatic rings. The maximum absolute atomic E-state index is 13.4. The molecule has 30 heavy (non-hydrogen) atoms. The predicted molar refractivity (Wildman–Crippen MR) is 118 cm³/mol. The number of methoxy groups -OCH3 is 2. The first-order valence-electron chi connectivity index (χ1n) is 9.42. The Morgan fingerprint density at radius 3 is 2.63 bits per heavy atom. The molecular weight excluding hydrogens is 425 g/mol. The minimum absolute atomic E-state index is 0.259. The van der Waals surface area contributed by atoms with Gasteiger partial charge in [-0.1, -0.05) is 35.3 Å². The highest BCUT2D eigenvalue weighted by atomic mass is 35.5. The number of halogens is 2. The summed E-state index contributed by atoms with van der Waals surface area (Å²) in [5, 5.41) is 4.02. The lowest BCUT2D eigenvalue weighted by Crippen LogP contribution is -2.44. The first-order valence-corrected chi connectivity index (χ1v) is 10.2. The number of aromatic nitrogens is 1. The summed E-state index contributed by atoms with van der Waals surface area (Å²) in [5.41, 5.74) is 2.33. The third kappa shape index (κ3) is 3.68. The fraction of sp³-hybridized carbons (Fsp3) is 0.227. The van der Waals surface area contributed by atoms with Gasteiger partial charge in [0, 0.05) is 35.0 Å². The van der Waals surface area contributed by atoms with Gasteiger partial charge in [0.15, 0.2) is 11.5 Å². The normalized spacial score (nSPS) is 15.5. The summed E-state index contributed by atoms with van der Waals surface area (Å²) in [4.78, 5) is 15.1. The molecule has 0 aliphatic carbocycles. The zero-order valence-electron chi connectivity index (χ0n) is 16.6. The van der Waals surface area contributed by atoms with E-state index >= 15 is 0 Å². The highest BCUT2D eigenvalue weighted by Crippen LogP contribution is 2.39. The number of hydrogen-bond donors (Lipinski definition) is 1. The van der Waals surface area contributed by atoms with Crippen molar-refractivity contribution in [2.75, 3.05) is 26.1 Å². The molecule has 156 valence electrons. The van der Waals surface area contributed by atoms with Crippen LogP contribution >= 0.6 is 23.2 Å². The Labute approximate surface area is 184 Å². The molecule has 2 amide bonds. The number of fused-ring (bicyclic) bond motifs is 1. The second-order valence-corrected chi connectivity index (χ2v) is 7.70. The SMILES string of the molecule is COc1cccc(NC(=O)N2CCn3cccc3C2c2ccc(Cl)cc2Cl)c1OC. The number of anilines is 1. The Kier molecular flexibility index (Phi) is 5.79. The maximum Gasteiger partial charge on any atom is 0.322 e. The lowest BCUT2D eigenvalue weighted by atomic mass is 10.00. The Balaban J connectivity index is 1.71. The molecule has 0 spiro atoms. The lowest BCUT2D eigenvalue weighted by molar-refractivity contribution is 0.181. The van der Waals surface area contributed by atoms with Gasteiger partial charge >= 0.3 is 6.03 Å². The van der Waals surface area contributed by atoms with E-state index in [0.717, 1.165) is 11.3 Å². The van der Waals surface area contributed by atoms with Crippen molar-refractivity contribution in [1.29, 1.82) is 0 Å². The number of amides is 2. The highest BCUT2D eigenvalue weighted by Gasteiger charge is 2.34. The number of nitrogens with one attached hydrogen (secondary N) is 1. The van der Waals surface area contributed by atoms with E-state index in [1.807, 2.05) is 24.4 Å². The molecule has 0 radical (unpaired) electrons. The Bertz CT molecular complexity index is 1080. The Morgan fingerprint density at radius 2 is 1.90 bits per heavy atom. The van der Waals surface area contributed by atoms with E-state index in [4.69, 9.17) is 32.7 Å². The summed E-state index contributed by atoms with van der Waals surface area (Å²) < 4.78 is 12.9. The summed E-state index contributed by atoms with van der Waals surface area (Å²) in [5.74, 6) is 1.01. The zero-order chi connectivity index (χ0) is 21.3. The van der Waals surface area contributed by atoms with Crippen molar-refractivity contribution in [1.82, 2.24) is 9.47 Å². The van der Waals surface area contributed by atoms with Crippen molar-refractivity contribution < 1.29 is 14.3 Å². The van der Waals surface area contributed by atoms with Gasteiger partial charge < -0.3 is 24.3 Å². The van der Waals surface area contributed by atoms with Crippen LogP contribution in [0.4, 0.5) is 10.5 Å². The topological polar surface area (TPSA) is 55.7 Å². The Hall–Kier alpha value is -2.83. The molecular formula is C22H21Cl2N3O3. The average Bonchev–Trinajstić information content (AvgIpc) is 3.22. The molecule has 0 saturated carbocycles. The van der Waals surface area contributed by atoms with Gasteiger partial charge in [0.2, 0.25) is 0 Å². The number of carbonyl (C=O) groups is 1. The van der Waals surface area contributed by atoms with Crippen LogP contribution in [0.3, 0.4) is 0 Å². The van der Waals surface area contributed by atoms with Gasteiger partial charge in [-0.2, -0.15) is 0 Å². The summed E-state index contributed by atoms with van der Waals surface area (Å²) in [6.07, 6.45) is 2.01. The molecule has 4 rings (SSSR count). The van der Waals surface area contributed by atoms with E-state index in [-0.39, 0.29) is 12.1 Å². The monoisotopic (exact) mass is 445 g/mol. The number of ether oxygens (including phenoxy) is 2.